The molecule has 0 bridgehead atoms. The molecule has 17 heavy (non-hydrogen) atoms. The molecule has 0 radical (unpaired) electrons. The van der Waals surface area contributed by atoms with Gasteiger partial charge in [0.15, 0.2) is 5.75 Å². The van der Waals surface area contributed by atoms with E-state index in [0.717, 1.165) is 21.3 Å². The van der Waals surface area contributed by atoms with E-state index in [2.05, 4.69) is 10.4 Å². The van der Waals surface area contributed by atoms with Gasteiger partial charge in [-0.15, -0.1) is 11.3 Å². The Morgan fingerprint density at radius 2 is 2.35 bits per heavy atom. The molecule has 1 unspecified atom stereocenters. The Morgan fingerprint density at radius 3 is 2.88 bits per heavy atom. The van der Waals surface area contributed by atoms with Gasteiger partial charge < -0.3 is 10.1 Å². The molecule has 1 N–H and O–H groups in total. The Kier molecular flexibility index (Phi) is 3.71. The predicted molar refractivity (Wildman–Crippen MR) is 70.0 cm³/mol. The Morgan fingerprint density at radius 1 is 1.59 bits per heavy atom. The van der Waals surface area contributed by atoms with Gasteiger partial charge in [0.25, 0.3) is 0 Å². The lowest BCUT2D eigenvalue weighted by atomic mass is 10.1. The molecule has 0 amide bonds. The first-order valence-corrected chi connectivity index (χ1v) is 6.40. The van der Waals surface area contributed by atoms with Crippen LogP contribution in [0.3, 0.4) is 0 Å². The molecule has 2 aromatic heterocycles. The van der Waals surface area contributed by atoms with Gasteiger partial charge in [-0.1, -0.05) is 11.6 Å². The molecule has 0 aliphatic carbocycles. The summed E-state index contributed by atoms with van der Waals surface area (Å²) in [6.07, 6.45) is 1.71. The zero-order chi connectivity index (χ0) is 12.4. The van der Waals surface area contributed by atoms with Crippen LogP contribution in [0, 0.1) is 0 Å². The van der Waals surface area contributed by atoms with E-state index in [1.165, 1.54) is 0 Å². The van der Waals surface area contributed by atoms with Crippen LogP contribution in [0.15, 0.2) is 17.6 Å². The van der Waals surface area contributed by atoms with Crippen molar-refractivity contribution >= 4 is 22.9 Å². The minimum atomic E-state index is -0.00931. The second-order valence-electron chi connectivity index (χ2n) is 3.58. The van der Waals surface area contributed by atoms with Crippen LogP contribution in [0.2, 0.25) is 5.02 Å². The molecule has 6 heteroatoms. The summed E-state index contributed by atoms with van der Waals surface area (Å²) in [6.45, 7) is 0. The van der Waals surface area contributed by atoms with Crippen molar-refractivity contribution in [2.75, 3.05) is 14.2 Å². The number of ether oxygens (including phenoxy) is 1. The molecule has 1 atom stereocenters. The van der Waals surface area contributed by atoms with Gasteiger partial charge >= 0.3 is 0 Å². The normalized spacial score (nSPS) is 12.7. The fourth-order valence-corrected chi connectivity index (χ4v) is 3.09. The van der Waals surface area contributed by atoms with Crippen molar-refractivity contribution in [2.45, 2.75) is 6.04 Å². The lowest BCUT2D eigenvalue weighted by Gasteiger charge is -2.17. The van der Waals surface area contributed by atoms with Crippen LogP contribution in [0.1, 0.15) is 16.6 Å². The van der Waals surface area contributed by atoms with Crippen LogP contribution < -0.4 is 10.1 Å². The summed E-state index contributed by atoms with van der Waals surface area (Å²) in [5.41, 5.74) is 0.972. The van der Waals surface area contributed by atoms with E-state index < -0.39 is 0 Å². The van der Waals surface area contributed by atoms with E-state index in [-0.39, 0.29) is 6.04 Å². The Labute approximate surface area is 109 Å². The smallest absolute Gasteiger partial charge is 0.161 e. The predicted octanol–water partition coefficient (Wildman–Crippen LogP) is 2.45. The van der Waals surface area contributed by atoms with Crippen LogP contribution in [0.5, 0.6) is 5.75 Å². The van der Waals surface area contributed by atoms with Crippen molar-refractivity contribution in [1.82, 2.24) is 15.1 Å². The molecule has 2 rings (SSSR count). The van der Waals surface area contributed by atoms with Gasteiger partial charge in [-0.3, -0.25) is 4.68 Å². The zero-order valence-corrected chi connectivity index (χ0v) is 11.5. The van der Waals surface area contributed by atoms with Crippen molar-refractivity contribution in [3.63, 3.8) is 0 Å². The van der Waals surface area contributed by atoms with E-state index in [9.17, 15) is 0 Å². The number of aryl methyl sites for hydroxylation is 1. The van der Waals surface area contributed by atoms with Crippen molar-refractivity contribution in [2.24, 2.45) is 7.05 Å². The van der Waals surface area contributed by atoms with Crippen LogP contribution >= 0.6 is 22.9 Å². The van der Waals surface area contributed by atoms with E-state index in [1.54, 1.807) is 29.3 Å². The topological polar surface area (TPSA) is 39.1 Å². The van der Waals surface area contributed by atoms with Gasteiger partial charge in [0.05, 0.1) is 24.4 Å². The molecule has 0 saturated heterocycles. The monoisotopic (exact) mass is 271 g/mol. The first kappa shape index (κ1) is 12.4. The minimum Gasteiger partial charge on any atom is -0.493 e. The van der Waals surface area contributed by atoms with Gasteiger partial charge in [-0.2, -0.15) is 5.10 Å². The number of thiophene rings is 1. The molecule has 0 spiro atoms. The molecule has 0 fully saturated rings. The number of hydrogen-bond donors (Lipinski definition) is 1. The highest BCUT2D eigenvalue weighted by Gasteiger charge is 2.23. The first-order valence-electron chi connectivity index (χ1n) is 5.15. The minimum absolute atomic E-state index is 0.00931. The van der Waals surface area contributed by atoms with Crippen molar-refractivity contribution < 1.29 is 4.74 Å². The summed E-state index contributed by atoms with van der Waals surface area (Å²) < 4.78 is 7.13. The van der Waals surface area contributed by atoms with Gasteiger partial charge in [0, 0.05) is 11.9 Å². The fourth-order valence-electron chi connectivity index (χ4n) is 1.82. The highest BCUT2D eigenvalue weighted by atomic mass is 35.5. The maximum Gasteiger partial charge on any atom is 0.161 e. The van der Waals surface area contributed by atoms with E-state index in [0.29, 0.717) is 0 Å². The molecule has 4 nitrogen and oxygen atoms in total. The number of nitrogens with one attached hydrogen (secondary N) is 1. The fraction of sp³-hybridized carbons (Fsp3) is 0.364. The number of rotatable bonds is 4. The summed E-state index contributed by atoms with van der Waals surface area (Å²) in [6, 6.07) is 1.89. The molecular formula is C11H14ClN3OS. The molecule has 0 aliphatic rings. The summed E-state index contributed by atoms with van der Waals surface area (Å²) in [7, 11) is 5.43. The van der Waals surface area contributed by atoms with Crippen LogP contribution in [0.25, 0.3) is 0 Å². The average molecular weight is 272 g/mol. The van der Waals surface area contributed by atoms with Crippen LogP contribution in [-0.2, 0) is 7.05 Å². The average Bonchev–Trinajstić information content (AvgIpc) is 2.89. The Bertz CT molecular complexity index is 509. The molecular weight excluding hydrogens is 258 g/mol. The number of hydrogen-bond acceptors (Lipinski definition) is 4. The summed E-state index contributed by atoms with van der Waals surface area (Å²) in [4.78, 5) is 1.07. The SMILES string of the molecule is CNC(c1sccc1Cl)c1c(OC)cnn1C. The van der Waals surface area contributed by atoms with Gasteiger partial charge in [-0.05, 0) is 18.5 Å². The standard InChI is InChI=1S/C11H14ClN3OS/c1-13-9(11-7(12)4-5-17-11)10-8(16-3)6-14-15(10)2/h4-6,9,13H,1-3H3. The molecule has 2 heterocycles. The lowest BCUT2D eigenvalue weighted by Crippen LogP contribution is -2.20. The van der Waals surface area contributed by atoms with E-state index in [1.807, 2.05) is 25.5 Å². The Hall–Kier alpha value is -1.04. The second kappa shape index (κ2) is 5.08. The largest absolute Gasteiger partial charge is 0.493 e. The maximum absolute atomic E-state index is 6.18. The molecule has 2 aromatic rings. The number of nitrogens with zero attached hydrogens (tertiary/aromatic N) is 2. The molecule has 0 aromatic carbocycles. The first-order chi connectivity index (χ1) is 8.19. The van der Waals surface area contributed by atoms with Crippen molar-refractivity contribution in [1.29, 1.82) is 0 Å². The quantitative estimate of drug-likeness (QED) is 0.928. The van der Waals surface area contributed by atoms with Crippen molar-refractivity contribution in [3.8, 4) is 5.75 Å². The zero-order valence-electron chi connectivity index (χ0n) is 9.90. The maximum atomic E-state index is 6.18. The highest BCUT2D eigenvalue weighted by Crippen LogP contribution is 2.36. The molecule has 0 saturated carbocycles. The van der Waals surface area contributed by atoms with E-state index >= 15 is 0 Å². The van der Waals surface area contributed by atoms with Crippen LogP contribution in [0.4, 0.5) is 0 Å². The van der Waals surface area contributed by atoms with Crippen LogP contribution in [-0.4, -0.2) is 23.9 Å². The number of aromatic nitrogens is 2. The summed E-state index contributed by atoms with van der Waals surface area (Å²) in [5.74, 6) is 0.760. The molecule has 92 valence electrons. The third-order valence-corrected chi connectivity index (χ3v) is 4.06. The third-order valence-electron chi connectivity index (χ3n) is 2.64. The number of halogens is 1. The van der Waals surface area contributed by atoms with Gasteiger partial charge in [0.2, 0.25) is 0 Å². The van der Waals surface area contributed by atoms with Gasteiger partial charge in [-0.25, -0.2) is 0 Å². The third kappa shape index (κ3) is 2.18. The second-order valence-corrected chi connectivity index (χ2v) is 4.93. The molecule has 0 aliphatic heterocycles. The van der Waals surface area contributed by atoms with E-state index in [4.69, 9.17) is 16.3 Å². The summed E-state index contributed by atoms with van der Waals surface area (Å²) in [5, 5.41) is 10.2. The number of methoxy groups -OCH3 is 1. The van der Waals surface area contributed by atoms with Gasteiger partial charge in [0.1, 0.15) is 5.69 Å². The highest BCUT2D eigenvalue weighted by molar-refractivity contribution is 7.10. The Balaban J connectivity index is 2.49. The summed E-state index contributed by atoms with van der Waals surface area (Å²) >= 11 is 7.80. The van der Waals surface area contributed by atoms with Crippen molar-refractivity contribution in [3.05, 3.63) is 33.2 Å². The lowest BCUT2D eigenvalue weighted by molar-refractivity contribution is 0.403.